The molecule has 1 amide bonds. The van der Waals surface area contributed by atoms with Gasteiger partial charge in [0.25, 0.3) is 5.91 Å². The van der Waals surface area contributed by atoms with E-state index in [1.54, 1.807) is 26.2 Å². The lowest BCUT2D eigenvalue weighted by Crippen LogP contribution is -2.64. The molecule has 268 valence electrons. The monoisotopic (exact) mass is 674 g/mol. The number of carboxylic acids is 1. The minimum atomic E-state index is -1.16. The third-order valence-electron chi connectivity index (χ3n) is 14.5. The van der Waals surface area contributed by atoms with E-state index in [9.17, 15) is 24.3 Å². The van der Waals surface area contributed by atoms with Crippen molar-refractivity contribution in [3.8, 4) is 0 Å². The molecule has 0 bridgehead atoms. The third kappa shape index (κ3) is 5.67. The van der Waals surface area contributed by atoms with Gasteiger partial charge in [-0.25, -0.2) is 0 Å². The Morgan fingerprint density at radius 2 is 1.67 bits per heavy atom. The highest BCUT2D eigenvalue weighted by atomic mass is 16.5. The largest absolute Gasteiger partial charge is 0.481 e. The van der Waals surface area contributed by atoms with Gasteiger partial charge in [0, 0.05) is 24.2 Å². The van der Waals surface area contributed by atoms with Gasteiger partial charge in [0.05, 0.1) is 22.9 Å². The zero-order chi connectivity index (χ0) is 35.9. The van der Waals surface area contributed by atoms with Crippen molar-refractivity contribution >= 4 is 23.6 Å². The van der Waals surface area contributed by atoms with E-state index in [2.05, 4.69) is 51.8 Å². The molecule has 2 N–H and O–H groups in total. The van der Waals surface area contributed by atoms with Crippen molar-refractivity contribution in [3.63, 3.8) is 0 Å². The Balaban J connectivity index is 1.27. The number of hydrogen-bond acceptors (Lipinski definition) is 6. The van der Waals surface area contributed by atoms with Gasteiger partial charge in [-0.1, -0.05) is 41.5 Å². The summed E-state index contributed by atoms with van der Waals surface area (Å²) in [6.07, 6.45) is 11.1. The van der Waals surface area contributed by atoms with E-state index in [1.165, 1.54) is 5.57 Å². The van der Waals surface area contributed by atoms with Gasteiger partial charge in [0.1, 0.15) is 6.10 Å². The molecule has 0 saturated heterocycles. The molecule has 0 radical (unpaired) electrons. The highest BCUT2D eigenvalue weighted by Crippen LogP contribution is 2.72. The van der Waals surface area contributed by atoms with Crippen molar-refractivity contribution in [1.82, 2.24) is 10.3 Å². The minimum Gasteiger partial charge on any atom is -0.481 e. The highest BCUT2D eigenvalue weighted by Gasteiger charge is 2.67. The summed E-state index contributed by atoms with van der Waals surface area (Å²) < 4.78 is 6.13. The minimum absolute atomic E-state index is 0.0758. The fourth-order valence-electron chi connectivity index (χ4n) is 12.2. The zero-order valence-electron chi connectivity index (χ0n) is 31.2. The second kappa shape index (κ2) is 12.0. The van der Waals surface area contributed by atoms with Gasteiger partial charge in [0.2, 0.25) is 0 Å². The number of rotatable bonds is 7. The predicted molar refractivity (Wildman–Crippen MR) is 187 cm³/mol. The van der Waals surface area contributed by atoms with E-state index in [1.807, 2.05) is 13.0 Å². The first-order valence-corrected chi connectivity index (χ1v) is 18.7. The molecule has 1 heterocycles. The number of hydrogen-bond donors (Lipinski definition) is 2. The molecule has 49 heavy (non-hydrogen) atoms. The Bertz CT molecular complexity index is 1590. The standard InChI is InChI=1S/C41H58N2O6/c1-23(2)33-28(44)19-41(43-35(46)25-18-24(3)21-42-22-25)17-12-27-26(34(33)41)10-11-30-39(27,8)15-13-29-38(6,7)31(14-16-40(29,30)9)49-32(45)20-37(4,5)36(47)48/h18,21-23,26-27,29-31H,10-17,19-20H2,1-9H3,(H,43,46)(H,47,48). The Morgan fingerprint density at radius 1 is 0.980 bits per heavy atom. The van der Waals surface area contributed by atoms with Gasteiger partial charge >= 0.3 is 11.9 Å². The summed E-state index contributed by atoms with van der Waals surface area (Å²) >= 11 is 0. The van der Waals surface area contributed by atoms with Crippen LogP contribution in [-0.2, 0) is 19.1 Å². The number of Topliss-reactive ketones (excluding diaryl/α,β-unsaturated/α-hetero) is 1. The fourth-order valence-corrected chi connectivity index (χ4v) is 12.2. The molecule has 8 heteroatoms. The summed E-state index contributed by atoms with van der Waals surface area (Å²) in [6.45, 7) is 18.9. The van der Waals surface area contributed by atoms with Crippen LogP contribution in [0.2, 0.25) is 0 Å². The van der Waals surface area contributed by atoms with E-state index in [4.69, 9.17) is 4.74 Å². The summed E-state index contributed by atoms with van der Waals surface area (Å²) in [6, 6.07) is 1.87. The first-order valence-electron chi connectivity index (χ1n) is 18.7. The molecule has 5 aliphatic rings. The van der Waals surface area contributed by atoms with Crippen LogP contribution in [0.5, 0.6) is 0 Å². The number of pyridine rings is 1. The lowest BCUT2D eigenvalue weighted by molar-refractivity contribution is -0.213. The van der Waals surface area contributed by atoms with Crippen LogP contribution in [0, 0.1) is 58.2 Å². The number of nitrogens with zero attached hydrogens (tertiary/aromatic N) is 1. The number of esters is 1. The highest BCUT2D eigenvalue weighted by molar-refractivity contribution is 6.03. The topological polar surface area (TPSA) is 123 Å². The molecule has 1 aromatic rings. The fraction of sp³-hybridized carbons (Fsp3) is 0.732. The van der Waals surface area contributed by atoms with E-state index in [0.717, 1.165) is 62.5 Å². The van der Waals surface area contributed by atoms with Crippen LogP contribution in [0.15, 0.2) is 29.6 Å². The summed E-state index contributed by atoms with van der Waals surface area (Å²) in [5, 5.41) is 13.0. The maximum absolute atomic E-state index is 13.8. The summed E-state index contributed by atoms with van der Waals surface area (Å²) in [5.41, 5.74) is 1.78. The predicted octanol–water partition coefficient (Wildman–Crippen LogP) is 7.88. The number of ketones is 1. The van der Waals surface area contributed by atoms with E-state index in [0.29, 0.717) is 29.7 Å². The Kier molecular flexibility index (Phi) is 8.79. The van der Waals surface area contributed by atoms with Crippen LogP contribution in [-0.4, -0.2) is 45.4 Å². The normalized spacial score (nSPS) is 36.7. The molecule has 8 atom stereocenters. The van der Waals surface area contributed by atoms with Crippen LogP contribution < -0.4 is 5.32 Å². The maximum atomic E-state index is 13.8. The Labute approximate surface area is 292 Å². The van der Waals surface area contributed by atoms with Crippen molar-refractivity contribution in [1.29, 1.82) is 0 Å². The number of carbonyl (C=O) groups is 4. The molecular formula is C41H58N2O6. The molecule has 5 aliphatic carbocycles. The van der Waals surface area contributed by atoms with Crippen molar-refractivity contribution < 1.29 is 29.0 Å². The first kappa shape index (κ1) is 35.8. The number of carbonyl (C=O) groups excluding carboxylic acids is 3. The van der Waals surface area contributed by atoms with Gasteiger partial charge in [-0.15, -0.1) is 0 Å². The van der Waals surface area contributed by atoms with Gasteiger partial charge in [-0.3, -0.25) is 24.2 Å². The van der Waals surface area contributed by atoms with Crippen molar-refractivity contribution in [2.45, 2.75) is 138 Å². The summed E-state index contributed by atoms with van der Waals surface area (Å²) in [4.78, 5) is 56.6. The smallest absolute Gasteiger partial charge is 0.309 e. The van der Waals surface area contributed by atoms with Crippen LogP contribution in [0.1, 0.15) is 136 Å². The van der Waals surface area contributed by atoms with E-state index < -0.39 is 22.9 Å². The van der Waals surface area contributed by atoms with Crippen LogP contribution in [0.25, 0.3) is 0 Å². The number of aryl methyl sites for hydroxylation is 1. The zero-order valence-corrected chi connectivity index (χ0v) is 31.2. The second-order valence-electron chi connectivity index (χ2n) is 18.6. The molecule has 4 saturated carbocycles. The van der Waals surface area contributed by atoms with Crippen LogP contribution in [0.3, 0.4) is 0 Å². The van der Waals surface area contributed by atoms with Gasteiger partial charge in [0.15, 0.2) is 5.78 Å². The number of carboxylic acid groups (broad SMARTS) is 1. The molecular weight excluding hydrogens is 616 g/mol. The SMILES string of the molecule is Cc1cncc(C(=O)NC23CCC4C(CCC5C4(C)CCC4C(C)(C)C(OC(=O)CC(C)(C)C(=O)O)CCC45C)C2=C(C(C)C)C(=O)C3)c1. The molecule has 6 rings (SSSR count). The summed E-state index contributed by atoms with van der Waals surface area (Å²) in [7, 11) is 0. The first-order chi connectivity index (χ1) is 22.8. The lowest BCUT2D eigenvalue weighted by atomic mass is 9.37. The summed E-state index contributed by atoms with van der Waals surface area (Å²) in [5.74, 6) is 0.290. The van der Waals surface area contributed by atoms with Gasteiger partial charge in [-0.2, -0.15) is 0 Å². The number of nitrogens with one attached hydrogen (secondary N) is 1. The second-order valence-corrected chi connectivity index (χ2v) is 18.6. The molecule has 8 unspecified atom stereocenters. The third-order valence-corrected chi connectivity index (χ3v) is 14.5. The van der Waals surface area contributed by atoms with Crippen LogP contribution >= 0.6 is 0 Å². The number of fused-ring (bicyclic) bond motifs is 7. The molecule has 0 aromatic carbocycles. The molecule has 8 nitrogen and oxygen atoms in total. The maximum Gasteiger partial charge on any atom is 0.309 e. The molecule has 1 aromatic heterocycles. The van der Waals surface area contributed by atoms with E-state index in [-0.39, 0.29) is 52.3 Å². The van der Waals surface area contributed by atoms with Gasteiger partial charge in [-0.05, 0) is 135 Å². The quantitative estimate of drug-likeness (QED) is 0.282. The molecule has 0 spiro atoms. The van der Waals surface area contributed by atoms with E-state index >= 15 is 0 Å². The lowest BCUT2D eigenvalue weighted by Gasteiger charge is -2.68. The molecule has 0 aliphatic heterocycles. The molecule has 4 fully saturated rings. The number of allylic oxidation sites excluding steroid dienone is 1. The van der Waals surface area contributed by atoms with Gasteiger partial charge < -0.3 is 15.2 Å². The number of ether oxygens (including phenoxy) is 1. The van der Waals surface area contributed by atoms with Crippen LogP contribution in [0.4, 0.5) is 0 Å². The van der Waals surface area contributed by atoms with Crippen molar-refractivity contribution in [2.24, 2.45) is 51.2 Å². The Morgan fingerprint density at radius 3 is 2.33 bits per heavy atom. The number of aromatic nitrogens is 1. The average Bonchev–Trinajstić information content (AvgIpc) is 3.30. The van der Waals surface area contributed by atoms with Crippen molar-refractivity contribution in [3.05, 3.63) is 40.7 Å². The number of aliphatic carboxylic acids is 1. The van der Waals surface area contributed by atoms with Crippen molar-refractivity contribution in [2.75, 3.05) is 0 Å². The average molecular weight is 675 g/mol. The Hall–Kier alpha value is -3.03. The number of amides is 1.